The topological polar surface area (TPSA) is 42.2 Å². The Balaban J connectivity index is 1.77. The lowest BCUT2D eigenvalue weighted by Gasteiger charge is -2.03. The number of aryl methyl sites for hydroxylation is 1. The third kappa shape index (κ3) is 7.93. The average molecular weight is 251 g/mol. The van der Waals surface area contributed by atoms with Crippen LogP contribution in [0.5, 0.6) is 0 Å². The van der Waals surface area contributed by atoms with Gasteiger partial charge in [0.15, 0.2) is 0 Å². The lowest BCUT2D eigenvalue weighted by molar-refractivity contribution is -0.137. The van der Waals surface area contributed by atoms with Gasteiger partial charge < -0.3 is 9.67 Å². The first kappa shape index (κ1) is 14.8. The van der Waals surface area contributed by atoms with E-state index in [4.69, 9.17) is 5.11 Å². The molecule has 0 bridgehead atoms. The van der Waals surface area contributed by atoms with Crippen LogP contribution in [-0.4, -0.2) is 15.6 Å². The molecule has 0 aliphatic rings. The van der Waals surface area contributed by atoms with Crippen LogP contribution in [0.4, 0.5) is 0 Å². The summed E-state index contributed by atoms with van der Waals surface area (Å²) in [6, 6.07) is 4.13. The molecule has 1 rings (SSSR count). The maximum absolute atomic E-state index is 10.3. The van der Waals surface area contributed by atoms with E-state index in [1.54, 1.807) is 0 Å². The van der Waals surface area contributed by atoms with Crippen molar-refractivity contribution in [2.24, 2.45) is 0 Å². The van der Waals surface area contributed by atoms with Crippen LogP contribution >= 0.6 is 0 Å². The summed E-state index contributed by atoms with van der Waals surface area (Å²) in [5, 5.41) is 8.49. The molecule has 0 atom stereocenters. The van der Waals surface area contributed by atoms with Gasteiger partial charge in [0.1, 0.15) is 0 Å². The molecular formula is C15H25NO2. The fraction of sp³-hybridized carbons (Fsp3) is 0.667. The van der Waals surface area contributed by atoms with Crippen LogP contribution in [0.3, 0.4) is 0 Å². The second kappa shape index (κ2) is 9.75. The largest absolute Gasteiger partial charge is 0.481 e. The highest BCUT2D eigenvalue weighted by Gasteiger charge is 1.96. The van der Waals surface area contributed by atoms with Gasteiger partial charge in [-0.15, -0.1) is 0 Å². The summed E-state index contributed by atoms with van der Waals surface area (Å²) in [4.78, 5) is 10.3. The van der Waals surface area contributed by atoms with Gasteiger partial charge in [-0.2, -0.15) is 0 Å². The standard InChI is InChI=1S/C15H25NO2/c17-15(18)11-7-5-3-1-2-4-6-8-12-16-13-9-10-14-16/h9-10,13-14H,1-8,11-12H2,(H,17,18). The van der Waals surface area contributed by atoms with Crippen molar-refractivity contribution in [2.75, 3.05) is 0 Å². The molecule has 0 amide bonds. The number of carbonyl (C=O) groups is 1. The molecule has 1 aromatic heterocycles. The molecule has 1 aromatic rings. The second-order valence-electron chi connectivity index (χ2n) is 4.89. The van der Waals surface area contributed by atoms with E-state index in [0.29, 0.717) is 6.42 Å². The van der Waals surface area contributed by atoms with Crippen molar-refractivity contribution in [3.05, 3.63) is 24.5 Å². The molecule has 3 heteroatoms. The monoisotopic (exact) mass is 251 g/mol. The molecule has 0 fully saturated rings. The van der Waals surface area contributed by atoms with Gasteiger partial charge in [-0.25, -0.2) is 0 Å². The Kier molecular flexibility index (Phi) is 8.02. The molecule has 0 unspecified atom stereocenters. The SMILES string of the molecule is O=C(O)CCCCCCCCCCn1cccc1. The highest BCUT2D eigenvalue weighted by molar-refractivity contribution is 5.66. The van der Waals surface area contributed by atoms with Gasteiger partial charge in [-0.1, -0.05) is 38.5 Å². The van der Waals surface area contributed by atoms with Crippen LogP contribution in [0.15, 0.2) is 24.5 Å². The van der Waals surface area contributed by atoms with E-state index >= 15 is 0 Å². The van der Waals surface area contributed by atoms with Crippen molar-refractivity contribution in [2.45, 2.75) is 64.3 Å². The van der Waals surface area contributed by atoms with E-state index in [1.165, 1.54) is 38.5 Å². The number of aromatic nitrogens is 1. The summed E-state index contributed by atoms with van der Waals surface area (Å²) >= 11 is 0. The molecular weight excluding hydrogens is 226 g/mol. The lowest BCUT2D eigenvalue weighted by Crippen LogP contribution is -1.94. The summed E-state index contributed by atoms with van der Waals surface area (Å²) < 4.78 is 2.23. The summed E-state index contributed by atoms with van der Waals surface area (Å²) in [6.07, 6.45) is 14.0. The average Bonchev–Trinajstić information content (AvgIpc) is 2.84. The van der Waals surface area contributed by atoms with Crippen molar-refractivity contribution in [3.8, 4) is 0 Å². The summed E-state index contributed by atoms with van der Waals surface area (Å²) in [5.41, 5.74) is 0. The Morgan fingerprint density at radius 3 is 1.89 bits per heavy atom. The zero-order valence-corrected chi connectivity index (χ0v) is 11.2. The number of hydrogen-bond donors (Lipinski definition) is 1. The molecule has 3 nitrogen and oxygen atoms in total. The number of carboxylic acids is 1. The molecule has 0 saturated carbocycles. The van der Waals surface area contributed by atoms with Crippen LogP contribution in [0.2, 0.25) is 0 Å². The number of nitrogens with zero attached hydrogens (tertiary/aromatic N) is 1. The Bertz CT molecular complexity index is 306. The highest BCUT2D eigenvalue weighted by Crippen LogP contribution is 2.10. The van der Waals surface area contributed by atoms with E-state index < -0.39 is 5.97 Å². The number of rotatable bonds is 11. The van der Waals surface area contributed by atoms with E-state index in [0.717, 1.165) is 19.4 Å². The van der Waals surface area contributed by atoms with Gasteiger partial charge in [0.2, 0.25) is 0 Å². The first-order chi connectivity index (χ1) is 8.79. The zero-order valence-electron chi connectivity index (χ0n) is 11.2. The van der Waals surface area contributed by atoms with Crippen molar-refractivity contribution in [1.29, 1.82) is 0 Å². The molecule has 18 heavy (non-hydrogen) atoms. The van der Waals surface area contributed by atoms with Crippen molar-refractivity contribution < 1.29 is 9.90 Å². The third-order valence-corrected chi connectivity index (χ3v) is 3.22. The van der Waals surface area contributed by atoms with Crippen molar-refractivity contribution in [1.82, 2.24) is 4.57 Å². The Morgan fingerprint density at radius 2 is 1.33 bits per heavy atom. The lowest BCUT2D eigenvalue weighted by atomic mass is 10.1. The molecule has 102 valence electrons. The predicted octanol–water partition coefficient (Wildman–Crippen LogP) is 4.08. The van der Waals surface area contributed by atoms with E-state index in [1.807, 2.05) is 0 Å². The first-order valence-electron chi connectivity index (χ1n) is 7.11. The minimum absolute atomic E-state index is 0.330. The van der Waals surface area contributed by atoms with E-state index in [9.17, 15) is 4.79 Å². The smallest absolute Gasteiger partial charge is 0.303 e. The first-order valence-corrected chi connectivity index (χ1v) is 7.11. The van der Waals surface area contributed by atoms with Crippen molar-refractivity contribution in [3.63, 3.8) is 0 Å². The fourth-order valence-corrected chi connectivity index (χ4v) is 2.15. The molecule has 0 saturated heterocycles. The number of aliphatic carboxylic acids is 1. The van der Waals surface area contributed by atoms with Crippen LogP contribution in [0.1, 0.15) is 57.8 Å². The number of hydrogen-bond acceptors (Lipinski definition) is 1. The van der Waals surface area contributed by atoms with Crippen LogP contribution in [-0.2, 0) is 11.3 Å². The third-order valence-electron chi connectivity index (χ3n) is 3.22. The van der Waals surface area contributed by atoms with Crippen LogP contribution in [0.25, 0.3) is 0 Å². The zero-order chi connectivity index (χ0) is 13.1. The highest BCUT2D eigenvalue weighted by atomic mass is 16.4. The second-order valence-corrected chi connectivity index (χ2v) is 4.89. The predicted molar refractivity (Wildman–Crippen MR) is 73.6 cm³/mol. The van der Waals surface area contributed by atoms with Gasteiger partial charge in [0.25, 0.3) is 0 Å². The quantitative estimate of drug-likeness (QED) is 0.602. The maximum atomic E-state index is 10.3. The Labute approximate surface area is 110 Å². The maximum Gasteiger partial charge on any atom is 0.303 e. The van der Waals surface area contributed by atoms with E-state index in [-0.39, 0.29) is 0 Å². The van der Waals surface area contributed by atoms with Crippen molar-refractivity contribution >= 4 is 5.97 Å². The van der Waals surface area contributed by atoms with Crippen LogP contribution in [0, 0.1) is 0 Å². The minimum atomic E-state index is -0.667. The Morgan fingerprint density at radius 1 is 0.833 bits per heavy atom. The van der Waals surface area contributed by atoms with Gasteiger partial charge in [-0.05, 0) is 25.0 Å². The Hall–Kier alpha value is -1.25. The molecule has 0 spiro atoms. The number of unbranched alkanes of at least 4 members (excludes halogenated alkanes) is 7. The molecule has 0 aromatic carbocycles. The molecule has 0 aliphatic carbocycles. The molecule has 0 radical (unpaired) electrons. The van der Waals surface area contributed by atoms with Gasteiger partial charge in [0, 0.05) is 25.4 Å². The van der Waals surface area contributed by atoms with Gasteiger partial charge in [-0.3, -0.25) is 4.79 Å². The summed E-state index contributed by atoms with van der Waals surface area (Å²) in [5.74, 6) is -0.667. The summed E-state index contributed by atoms with van der Waals surface area (Å²) in [7, 11) is 0. The van der Waals surface area contributed by atoms with Gasteiger partial charge >= 0.3 is 5.97 Å². The minimum Gasteiger partial charge on any atom is -0.481 e. The van der Waals surface area contributed by atoms with E-state index in [2.05, 4.69) is 29.1 Å². The van der Waals surface area contributed by atoms with Gasteiger partial charge in [0.05, 0.1) is 0 Å². The van der Waals surface area contributed by atoms with Crippen LogP contribution < -0.4 is 0 Å². The molecule has 1 heterocycles. The summed E-state index contributed by atoms with van der Waals surface area (Å²) in [6.45, 7) is 1.13. The fourth-order valence-electron chi connectivity index (χ4n) is 2.15. The molecule has 0 aliphatic heterocycles. The number of carboxylic acid groups (broad SMARTS) is 1. The molecule has 1 N–H and O–H groups in total. The normalized spacial score (nSPS) is 10.7.